The van der Waals surface area contributed by atoms with Gasteiger partial charge in [0.2, 0.25) is 0 Å². The van der Waals surface area contributed by atoms with Gasteiger partial charge >= 0.3 is 11.9 Å². The summed E-state index contributed by atoms with van der Waals surface area (Å²) < 4.78 is 2.03. The van der Waals surface area contributed by atoms with Crippen LogP contribution in [-0.2, 0) is 11.2 Å². The summed E-state index contributed by atoms with van der Waals surface area (Å²) in [5.41, 5.74) is 2.52. The van der Waals surface area contributed by atoms with Crippen molar-refractivity contribution in [2.45, 2.75) is 45.1 Å². The molecule has 150 valence electrons. The lowest BCUT2D eigenvalue weighted by Gasteiger charge is -2.19. The van der Waals surface area contributed by atoms with Gasteiger partial charge in [-0.05, 0) is 19.8 Å². The average molecular weight is 394 g/mol. The highest BCUT2D eigenvalue weighted by Gasteiger charge is 2.29. The van der Waals surface area contributed by atoms with Crippen molar-refractivity contribution in [2.24, 2.45) is 0 Å². The molecule has 2 aromatic heterocycles. The number of nitrogens with zero attached hydrogens (tertiary/aromatic N) is 3. The van der Waals surface area contributed by atoms with E-state index >= 15 is 0 Å². The number of aromatic carboxylic acids is 1. The fourth-order valence-electron chi connectivity index (χ4n) is 4.11. The molecule has 0 spiro atoms. The molecular weight excluding hydrogens is 372 g/mol. The van der Waals surface area contributed by atoms with Gasteiger partial charge in [-0.25, -0.2) is 14.8 Å². The number of hydrogen-bond acceptors (Lipinski definition) is 4. The van der Waals surface area contributed by atoms with Crippen molar-refractivity contribution < 1.29 is 19.8 Å². The van der Waals surface area contributed by atoms with Crippen molar-refractivity contribution in [1.82, 2.24) is 19.5 Å². The molecule has 8 heteroatoms. The summed E-state index contributed by atoms with van der Waals surface area (Å²) >= 11 is 0. The van der Waals surface area contributed by atoms with E-state index in [-0.39, 0.29) is 18.2 Å². The zero-order valence-corrected chi connectivity index (χ0v) is 16.1. The van der Waals surface area contributed by atoms with E-state index in [9.17, 15) is 19.8 Å². The second kappa shape index (κ2) is 7.54. The number of hydrogen-bond donors (Lipinski definition) is 3. The van der Waals surface area contributed by atoms with Crippen molar-refractivity contribution >= 4 is 11.9 Å². The number of carbonyl (C=O) groups is 2. The molecule has 0 aliphatic heterocycles. The number of carboxylic acids is 2. The van der Waals surface area contributed by atoms with Gasteiger partial charge in [-0.2, -0.15) is 0 Å². The minimum atomic E-state index is -1.12. The number of nitrogens with one attached hydrogen (secondary N) is 1. The quantitative estimate of drug-likeness (QED) is 0.586. The number of benzene rings is 1. The lowest BCUT2D eigenvalue weighted by molar-refractivity contribution is -0.136. The summed E-state index contributed by atoms with van der Waals surface area (Å²) in [6.07, 6.45) is 3.88. The summed E-state index contributed by atoms with van der Waals surface area (Å²) in [5.74, 6) is -1.28. The van der Waals surface area contributed by atoms with E-state index in [4.69, 9.17) is 0 Å². The van der Waals surface area contributed by atoms with E-state index in [1.54, 1.807) is 6.92 Å². The molecule has 0 unspecified atom stereocenters. The van der Waals surface area contributed by atoms with E-state index in [1.165, 1.54) is 0 Å². The van der Waals surface area contributed by atoms with Crippen LogP contribution in [0.2, 0.25) is 0 Å². The first-order chi connectivity index (χ1) is 14.0. The van der Waals surface area contributed by atoms with Gasteiger partial charge in [0.25, 0.3) is 0 Å². The molecule has 0 radical (unpaired) electrons. The van der Waals surface area contributed by atoms with Gasteiger partial charge in [0.15, 0.2) is 11.5 Å². The van der Waals surface area contributed by atoms with Crippen LogP contribution in [0.25, 0.3) is 22.8 Å². The number of H-pyrrole nitrogens is 1. The molecule has 29 heavy (non-hydrogen) atoms. The fourth-order valence-corrected chi connectivity index (χ4v) is 4.11. The molecule has 8 nitrogen and oxygen atoms in total. The molecule has 1 saturated carbocycles. The highest BCUT2D eigenvalue weighted by Crippen LogP contribution is 2.39. The largest absolute Gasteiger partial charge is 0.481 e. The van der Waals surface area contributed by atoms with E-state index in [2.05, 4.69) is 15.0 Å². The van der Waals surface area contributed by atoms with Crippen LogP contribution in [0.15, 0.2) is 30.3 Å². The number of aromatic nitrogens is 4. The molecule has 3 N–H and O–H groups in total. The Kier molecular flexibility index (Phi) is 4.92. The van der Waals surface area contributed by atoms with Crippen LogP contribution in [0, 0.1) is 6.92 Å². The van der Waals surface area contributed by atoms with Crippen molar-refractivity contribution in [1.29, 1.82) is 0 Å². The van der Waals surface area contributed by atoms with Crippen molar-refractivity contribution in [2.75, 3.05) is 0 Å². The Morgan fingerprint density at radius 3 is 2.41 bits per heavy atom. The van der Waals surface area contributed by atoms with Crippen LogP contribution in [0.1, 0.15) is 53.7 Å². The van der Waals surface area contributed by atoms with Gasteiger partial charge in [-0.3, -0.25) is 4.79 Å². The molecule has 4 rings (SSSR count). The molecule has 0 amide bonds. The van der Waals surface area contributed by atoms with E-state index in [0.29, 0.717) is 23.0 Å². The summed E-state index contributed by atoms with van der Waals surface area (Å²) in [5, 5.41) is 18.8. The molecule has 2 heterocycles. The van der Waals surface area contributed by atoms with Crippen LogP contribution in [0.5, 0.6) is 0 Å². The molecule has 0 atom stereocenters. The highest BCUT2D eigenvalue weighted by atomic mass is 16.4. The van der Waals surface area contributed by atoms with E-state index in [1.807, 2.05) is 34.9 Å². The molecule has 1 fully saturated rings. The van der Waals surface area contributed by atoms with Gasteiger partial charge < -0.3 is 19.8 Å². The maximum absolute atomic E-state index is 11.5. The first-order valence-electron chi connectivity index (χ1n) is 9.64. The van der Waals surface area contributed by atoms with Crippen LogP contribution in [0.4, 0.5) is 0 Å². The summed E-state index contributed by atoms with van der Waals surface area (Å²) in [7, 11) is 0. The van der Waals surface area contributed by atoms with Gasteiger partial charge in [0.05, 0.1) is 5.69 Å². The van der Waals surface area contributed by atoms with Gasteiger partial charge in [0.1, 0.15) is 17.9 Å². The number of aliphatic carboxylic acids is 1. The average Bonchev–Trinajstić information content (AvgIpc) is 3.40. The summed E-state index contributed by atoms with van der Waals surface area (Å²) in [4.78, 5) is 34.9. The minimum Gasteiger partial charge on any atom is -0.481 e. The molecular formula is C21H22N4O4. The van der Waals surface area contributed by atoms with Crippen LogP contribution < -0.4 is 0 Å². The molecule has 1 aromatic carbocycles. The number of aromatic amines is 1. The number of aryl methyl sites for hydroxylation is 1. The first-order valence-corrected chi connectivity index (χ1v) is 9.64. The molecule has 1 aliphatic rings. The van der Waals surface area contributed by atoms with Crippen molar-refractivity contribution in [3.05, 3.63) is 47.5 Å². The predicted octanol–water partition coefficient (Wildman–Crippen LogP) is 3.69. The Bertz CT molecular complexity index is 1060. The summed E-state index contributed by atoms with van der Waals surface area (Å²) in [6, 6.07) is 9.80. The molecule has 3 aromatic rings. The monoisotopic (exact) mass is 394 g/mol. The number of rotatable bonds is 6. The molecule has 1 aliphatic carbocycles. The van der Waals surface area contributed by atoms with Crippen molar-refractivity contribution in [3.63, 3.8) is 0 Å². The number of imidazole rings is 2. The number of carboxylic acid groups (broad SMARTS) is 2. The van der Waals surface area contributed by atoms with Crippen LogP contribution in [-0.4, -0.2) is 41.7 Å². The van der Waals surface area contributed by atoms with Crippen LogP contribution in [0.3, 0.4) is 0 Å². The van der Waals surface area contributed by atoms with Gasteiger partial charge in [0, 0.05) is 17.3 Å². The second-order valence-electron chi connectivity index (χ2n) is 7.33. The zero-order chi connectivity index (χ0) is 20.5. The maximum atomic E-state index is 11.5. The third-order valence-electron chi connectivity index (χ3n) is 5.34. The van der Waals surface area contributed by atoms with Crippen molar-refractivity contribution in [3.8, 4) is 22.8 Å². The highest BCUT2D eigenvalue weighted by molar-refractivity contribution is 5.88. The first kappa shape index (κ1) is 18.9. The Balaban J connectivity index is 1.98. The minimum absolute atomic E-state index is 0.0609. The normalized spacial score (nSPS) is 14.4. The lowest BCUT2D eigenvalue weighted by atomic mass is 10.1. The van der Waals surface area contributed by atoms with E-state index < -0.39 is 11.9 Å². The second-order valence-corrected chi connectivity index (χ2v) is 7.33. The Morgan fingerprint density at radius 1 is 1.14 bits per heavy atom. The zero-order valence-electron chi connectivity index (χ0n) is 16.1. The predicted molar refractivity (Wildman–Crippen MR) is 106 cm³/mol. The fraction of sp³-hybridized carbons (Fsp3) is 0.333. The lowest BCUT2D eigenvalue weighted by Crippen LogP contribution is -2.14. The smallest absolute Gasteiger partial charge is 0.356 e. The van der Waals surface area contributed by atoms with Gasteiger partial charge in [-0.15, -0.1) is 0 Å². The molecule has 0 saturated heterocycles. The molecule has 0 bridgehead atoms. The third-order valence-corrected chi connectivity index (χ3v) is 5.34. The Labute approximate surface area is 167 Å². The Hall–Kier alpha value is -3.42. The standard InChI is InChI=1S/C21H22N4O4/c1-12-17(21(28)29)24-20(22-12)18-19(13-7-3-2-4-8-13)25(14-9-5-6-10-14)15(23-18)11-16(26)27/h2-4,7-8,14H,5-6,9-11H2,1H3,(H,22,24)(H,26,27)(H,28,29). The van der Waals surface area contributed by atoms with Crippen LogP contribution >= 0.6 is 0 Å². The maximum Gasteiger partial charge on any atom is 0.356 e. The SMILES string of the molecule is Cc1[nH]c(-c2nc(CC(=O)O)n(C3CCCC3)c2-c2ccccc2)nc1C(=O)O. The Morgan fingerprint density at radius 2 is 1.83 bits per heavy atom. The topological polar surface area (TPSA) is 121 Å². The van der Waals surface area contributed by atoms with E-state index in [0.717, 1.165) is 36.9 Å². The third kappa shape index (κ3) is 3.53. The van der Waals surface area contributed by atoms with Gasteiger partial charge in [-0.1, -0.05) is 43.2 Å². The summed E-state index contributed by atoms with van der Waals surface area (Å²) in [6.45, 7) is 1.65.